The number of anilines is 3. The largest absolute Gasteiger partial charge is 0.548 e. The van der Waals surface area contributed by atoms with Crippen molar-refractivity contribution in [3.05, 3.63) is 23.0 Å². The number of carboxylic acid groups (broad SMARTS) is 2. The summed E-state index contributed by atoms with van der Waals surface area (Å²) >= 11 is 1.91. The molecule has 2 aliphatic heterocycles. The Balaban J connectivity index is 1.53. The van der Waals surface area contributed by atoms with Crippen LogP contribution in [0.15, 0.2) is 22.3 Å². The third-order valence-electron chi connectivity index (χ3n) is 6.92. The molecule has 1 saturated heterocycles. The number of nitrogen functional groups attached to an aromatic ring is 2. The van der Waals surface area contributed by atoms with Crippen molar-refractivity contribution < 1.29 is 43.7 Å². The molecule has 4 heterocycles. The summed E-state index contributed by atoms with van der Waals surface area (Å²) in [5, 5.41) is 31.3. The van der Waals surface area contributed by atoms with Crippen molar-refractivity contribution in [2.24, 2.45) is 23.9 Å². The molecule has 0 bridgehead atoms. The van der Waals surface area contributed by atoms with Gasteiger partial charge in [0, 0.05) is 36.6 Å². The summed E-state index contributed by atoms with van der Waals surface area (Å²) in [5.41, 5.74) is 15.5. The van der Waals surface area contributed by atoms with Gasteiger partial charge < -0.3 is 47.3 Å². The second-order valence-corrected chi connectivity index (χ2v) is 12.2. The number of carbonyl (C=O) groups excluding carboxylic acids is 4. The van der Waals surface area contributed by atoms with Crippen molar-refractivity contribution in [3.63, 3.8) is 0 Å². The zero-order chi connectivity index (χ0) is 33.2. The van der Waals surface area contributed by atoms with E-state index in [1.165, 1.54) is 24.7 Å². The number of hydrogen-bond acceptors (Lipinski definition) is 15. The molecule has 0 radical (unpaired) electrons. The van der Waals surface area contributed by atoms with Gasteiger partial charge in [-0.2, -0.15) is 9.36 Å². The van der Waals surface area contributed by atoms with E-state index in [-0.39, 0.29) is 42.1 Å². The number of β-lactam (4-membered cyclic amide) rings is 1. The summed E-state index contributed by atoms with van der Waals surface area (Å²) in [5.74, 6) is -5.20. The Hall–Kier alpha value is -4.76. The van der Waals surface area contributed by atoms with E-state index in [0.717, 1.165) is 28.2 Å². The zero-order valence-electron chi connectivity index (χ0n) is 24.3. The highest BCUT2D eigenvalue weighted by Gasteiger charge is 2.54. The third kappa shape index (κ3) is 6.83. The summed E-state index contributed by atoms with van der Waals surface area (Å²) in [4.78, 5) is 72.6. The van der Waals surface area contributed by atoms with Gasteiger partial charge in [0.15, 0.2) is 34.7 Å². The average Bonchev–Trinajstić information content (AvgIpc) is 3.52. The van der Waals surface area contributed by atoms with Crippen molar-refractivity contribution in [3.8, 4) is 0 Å². The van der Waals surface area contributed by atoms with Crippen molar-refractivity contribution in [1.82, 2.24) is 24.3 Å². The lowest BCUT2D eigenvalue weighted by Crippen LogP contribution is -2.69. The second kappa shape index (κ2) is 13.1. The van der Waals surface area contributed by atoms with Crippen LogP contribution in [-0.2, 0) is 37.6 Å². The zero-order valence-corrected chi connectivity index (χ0v) is 25.9. The first-order valence-corrected chi connectivity index (χ1v) is 15.0. The maximum Gasteiger partial charge on any atom is 0.350 e. The Labute approximate surface area is 263 Å². The number of aromatic nitrogens is 4. The van der Waals surface area contributed by atoms with Crippen LogP contribution in [0.5, 0.6) is 0 Å². The molecule has 0 aromatic carbocycles. The van der Waals surface area contributed by atoms with Crippen LogP contribution in [0.3, 0.4) is 0 Å². The number of rotatable bonds is 13. The molecule has 242 valence electrons. The third-order valence-corrected chi connectivity index (χ3v) is 8.73. The number of hydrogen-bond donors (Lipinski definition) is 6. The molecule has 3 amide bonds. The second-order valence-electron chi connectivity index (χ2n) is 10.4. The van der Waals surface area contributed by atoms with Crippen LogP contribution in [0.25, 0.3) is 0 Å². The van der Waals surface area contributed by atoms with E-state index in [2.05, 4.69) is 25.1 Å². The van der Waals surface area contributed by atoms with Gasteiger partial charge in [0.1, 0.15) is 6.04 Å². The molecule has 3 atom stereocenters. The predicted molar refractivity (Wildman–Crippen MR) is 158 cm³/mol. The summed E-state index contributed by atoms with van der Waals surface area (Å²) in [7, 11) is 1.60. The Kier molecular flexibility index (Phi) is 9.63. The fourth-order valence-electron chi connectivity index (χ4n) is 4.41. The van der Waals surface area contributed by atoms with E-state index < -0.39 is 64.7 Å². The van der Waals surface area contributed by atoms with Gasteiger partial charge in [0.05, 0.1) is 24.3 Å². The number of thioether (sulfide) groups is 1. The smallest absolute Gasteiger partial charge is 0.350 e. The van der Waals surface area contributed by atoms with E-state index in [1.54, 1.807) is 17.1 Å². The van der Waals surface area contributed by atoms with Gasteiger partial charge in [0.2, 0.25) is 23.5 Å². The number of nitrogens with one attached hydrogen (secondary N) is 2. The summed E-state index contributed by atoms with van der Waals surface area (Å²) in [6.45, 7) is 2.90. The lowest BCUT2D eigenvalue weighted by Gasteiger charge is -2.52. The number of fused-ring (bicyclic) bond motifs is 1. The van der Waals surface area contributed by atoms with Crippen LogP contribution in [0, 0.1) is 5.92 Å². The molecule has 1 fully saturated rings. The SMILES string of the molecule is Cn1c(N)c(NC(=O)NCCN)c[n+]1CC1=CS[C@@H]2[C@H](CC(=O)/C(=N\OC(C)(C)C(=O)O)c3nsc(N)n3)C(=O)N2[C@H]1C(=O)[O-]. The maximum atomic E-state index is 13.3. The number of ketones is 1. The molecule has 2 aliphatic rings. The highest BCUT2D eigenvalue weighted by molar-refractivity contribution is 8.02. The summed E-state index contributed by atoms with van der Waals surface area (Å²) in [6, 6.07) is -1.98. The van der Waals surface area contributed by atoms with Gasteiger partial charge in [-0.1, -0.05) is 5.16 Å². The number of Topliss-reactive ketones (excluding diaryl/α,β-unsaturated/α-hetero) is 1. The molecule has 45 heavy (non-hydrogen) atoms. The standard InChI is InChI=1S/C24H31N11O8S2/c1-24(2,21(40)41)43-31-14(17-30-22(27)45-32-17)13(36)6-11-18(37)35-15(20(38)39)10(9-44-19(11)35)7-34-8-12(16(26)33(34)3)29-23(42)28-5-4-25/h8-9,11,15,19,26H,4-7,25H2,1-3H3,(H6,27,28,29,30,32,38,39,40,41,42)/b31-14+/t11-,15-,19-/m1/s1. The fourth-order valence-corrected chi connectivity index (χ4v) is 6.12. The molecule has 0 saturated carbocycles. The fraction of sp³-hybridized carbons (Fsp3) is 0.458. The Morgan fingerprint density at radius 2 is 2.00 bits per heavy atom. The van der Waals surface area contributed by atoms with Gasteiger partial charge in [-0.25, -0.2) is 9.59 Å². The number of carboxylic acids is 2. The first-order chi connectivity index (χ1) is 21.2. The van der Waals surface area contributed by atoms with E-state index in [0.29, 0.717) is 5.57 Å². The van der Waals surface area contributed by atoms with Crippen LogP contribution < -0.4 is 37.6 Å². The van der Waals surface area contributed by atoms with Crippen LogP contribution in [-0.4, -0.2) is 89.5 Å². The van der Waals surface area contributed by atoms with Crippen molar-refractivity contribution in [2.75, 3.05) is 29.9 Å². The Bertz CT molecular complexity index is 1600. The van der Waals surface area contributed by atoms with Crippen LogP contribution in [0.4, 0.5) is 21.4 Å². The maximum absolute atomic E-state index is 13.3. The molecule has 2 aromatic heterocycles. The molecule has 2 aromatic rings. The number of nitrogens with two attached hydrogens (primary N) is 3. The molecular weight excluding hydrogens is 634 g/mol. The van der Waals surface area contributed by atoms with Gasteiger partial charge in [-0.15, -0.1) is 21.1 Å². The minimum Gasteiger partial charge on any atom is -0.548 e. The molecule has 0 spiro atoms. The van der Waals surface area contributed by atoms with Gasteiger partial charge >= 0.3 is 12.0 Å². The van der Waals surface area contributed by atoms with Crippen LogP contribution in [0.2, 0.25) is 0 Å². The first kappa shape index (κ1) is 33.1. The normalized spacial score (nSPS) is 19.7. The predicted octanol–water partition coefficient (Wildman–Crippen LogP) is -2.81. The molecule has 21 heteroatoms. The number of amides is 3. The number of aliphatic carboxylic acids is 2. The highest BCUT2D eigenvalue weighted by Crippen LogP contribution is 2.45. The van der Waals surface area contributed by atoms with E-state index in [9.17, 15) is 34.2 Å². The number of carbonyl (C=O) groups is 5. The van der Waals surface area contributed by atoms with Crippen molar-refractivity contribution >= 4 is 75.3 Å². The minimum absolute atomic E-state index is 0.0156. The summed E-state index contributed by atoms with van der Waals surface area (Å²) < 4.78 is 7.00. The molecule has 4 rings (SSSR count). The van der Waals surface area contributed by atoms with Crippen molar-refractivity contribution in [2.45, 2.75) is 43.8 Å². The van der Waals surface area contributed by atoms with Crippen LogP contribution in [0.1, 0.15) is 26.1 Å². The lowest BCUT2D eigenvalue weighted by atomic mass is 9.87. The Morgan fingerprint density at radius 1 is 1.29 bits per heavy atom. The Morgan fingerprint density at radius 3 is 2.60 bits per heavy atom. The van der Waals surface area contributed by atoms with E-state index in [4.69, 9.17) is 22.0 Å². The first-order valence-electron chi connectivity index (χ1n) is 13.3. The van der Waals surface area contributed by atoms with Gasteiger partial charge in [0.25, 0.3) is 0 Å². The molecule has 0 aliphatic carbocycles. The molecule has 0 unspecified atom stereocenters. The molecule has 9 N–H and O–H groups in total. The minimum atomic E-state index is -1.80. The highest BCUT2D eigenvalue weighted by atomic mass is 32.2. The quantitative estimate of drug-likeness (QED) is 0.0545. The van der Waals surface area contributed by atoms with E-state index >= 15 is 0 Å². The van der Waals surface area contributed by atoms with Crippen LogP contribution >= 0.6 is 23.3 Å². The van der Waals surface area contributed by atoms with E-state index in [1.807, 2.05) is 0 Å². The monoisotopic (exact) mass is 665 g/mol. The topological polar surface area (TPSA) is 290 Å². The number of oxime groups is 1. The molecular formula is C24H31N11O8S2. The van der Waals surface area contributed by atoms with Crippen molar-refractivity contribution in [1.29, 1.82) is 0 Å². The molecule has 19 nitrogen and oxygen atoms in total. The summed E-state index contributed by atoms with van der Waals surface area (Å²) in [6.07, 6.45) is 1.09. The average molecular weight is 666 g/mol. The van der Waals surface area contributed by atoms with Gasteiger partial charge in [-0.05, 0) is 19.3 Å². The number of urea groups is 1. The lowest BCUT2D eigenvalue weighted by molar-refractivity contribution is -0.765. The number of nitrogens with zero attached hydrogens (tertiary/aromatic N) is 6. The van der Waals surface area contributed by atoms with Gasteiger partial charge in [-0.3, -0.25) is 14.9 Å².